The van der Waals surface area contributed by atoms with Crippen molar-refractivity contribution in [3.8, 4) is 0 Å². The van der Waals surface area contributed by atoms with Crippen LogP contribution in [0.1, 0.15) is 53.9 Å². The zero-order valence-electron chi connectivity index (χ0n) is 9.81. The summed E-state index contributed by atoms with van der Waals surface area (Å²) in [5.41, 5.74) is 1.54. The molecule has 0 radical (unpaired) electrons. The Morgan fingerprint density at radius 2 is 2.00 bits per heavy atom. The second-order valence-electron chi connectivity index (χ2n) is 4.18. The normalized spacial score (nSPS) is 13.5. The molecule has 0 aromatic rings. The lowest BCUT2D eigenvalue weighted by molar-refractivity contribution is -0.0173. The Balaban J connectivity index is 3.63. The molecule has 0 heterocycles. The first kappa shape index (κ1) is 12.7. The first-order valence-electron chi connectivity index (χ1n) is 5.27. The molecule has 78 valence electrons. The highest BCUT2D eigenvalue weighted by molar-refractivity contribution is 4.95. The fraction of sp³-hybridized carbons (Fsp3) is 0.833. The van der Waals surface area contributed by atoms with Crippen LogP contribution in [-0.2, 0) is 4.74 Å². The molecule has 0 bridgehead atoms. The van der Waals surface area contributed by atoms with Gasteiger partial charge in [-0.05, 0) is 53.9 Å². The Hall–Kier alpha value is -0.300. The second-order valence-corrected chi connectivity index (χ2v) is 4.18. The number of ether oxygens (including phenoxy) is 1. The predicted octanol–water partition coefficient (Wildman–Crippen LogP) is 3.94. The third kappa shape index (κ3) is 6.83. The zero-order chi connectivity index (χ0) is 10.3. The predicted molar refractivity (Wildman–Crippen MR) is 59.0 cm³/mol. The van der Waals surface area contributed by atoms with E-state index in [-0.39, 0.29) is 5.60 Å². The summed E-state index contributed by atoms with van der Waals surface area (Å²) in [5, 5.41) is 0. The summed E-state index contributed by atoms with van der Waals surface area (Å²) in [6.45, 7) is 11.5. The van der Waals surface area contributed by atoms with Gasteiger partial charge in [0, 0.05) is 6.61 Å². The summed E-state index contributed by atoms with van der Waals surface area (Å²) in [7, 11) is 0. The Morgan fingerprint density at radius 3 is 2.46 bits per heavy atom. The Bertz CT molecular complexity index is 157. The lowest BCUT2D eigenvalue weighted by atomic mass is 9.99. The van der Waals surface area contributed by atoms with Gasteiger partial charge in [-0.15, -0.1) is 0 Å². The summed E-state index contributed by atoms with van der Waals surface area (Å²) in [5.74, 6) is 0. The number of hydrogen-bond acceptors (Lipinski definition) is 1. The molecule has 1 heteroatoms. The first-order chi connectivity index (χ1) is 6.02. The molecule has 0 saturated heterocycles. The van der Waals surface area contributed by atoms with Gasteiger partial charge in [0.05, 0.1) is 5.60 Å². The zero-order valence-corrected chi connectivity index (χ0v) is 9.81. The second kappa shape index (κ2) is 6.20. The average molecular weight is 184 g/mol. The van der Waals surface area contributed by atoms with Gasteiger partial charge in [-0.25, -0.2) is 0 Å². The van der Waals surface area contributed by atoms with Crippen molar-refractivity contribution >= 4 is 0 Å². The molecule has 0 atom stereocenters. The topological polar surface area (TPSA) is 9.23 Å². The van der Waals surface area contributed by atoms with Crippen molar-refractivity contribution in [2.24, 2.45) is 0 Å². The molecule has 0 rings (SSSR count). The van der Waals surface area contributed by atoms with E-state index in [1.807, 2.05) is 0 Å². The van der Waals surface area contributed by atoms with Crippen molar-refractivity contribution < 1.29 is 4.74 Å². The Morgan fingerprint density at radius 1 is 1.38 bits per heavy atom. The van der Waals surface area contributed by atoms with Crippen LogP contribution < -0.4 is 0 Å². The van der Waals surface area contributed by atoms with Crippen molar-refractivity contribution in [1.29, 1.82) is 0 Å². The molecule has 1 nitrogen and oxygen atoms in total. The van der Waals surface area contributed by atoms with Crippen LogP contribution in [0.25, 0.3) is 0 Å². The molecule has 0 amide bonds. The van der Waals surface area contributed by atoms with Gasteiger partial charge in [0.2, 0.25) is 0 Å². The highest BCUT2D eigenvalue weighted by Crippen LogP contribution is 2.19. The van der Waals surface area contributed by atoms with Gasteiger partial charge >= 0.3 is 0 Å². The third-order valence-electron chi connectivity index (χ3n) is 2.38. The summed E-state index contributed by atoms with van der Waals surface area (Å²) >= 11 is 0. The molecule has 13 heavy (non-hydrogen) atoms. The lowest BCUT2D eigenvalue weighted by Crippen LogP contribution is -2.24. The van der Waals surface area contributed by atoms with Crippen LogP contribution in [0.4, 0.5) is 0 Å². The molecule has 0 aromatic heterocycles. The largest absolute Gasteiger partial charge is 0.376 e. The van der Waals surface area contributed by atoms with Crippen LogP contribution in [0.3, 0.4) is 0 Å². The molecule has 0 aliphatic rings. The third-order valence-corrected chi connectivity index (χ3v) is 2.38. The van der Waals surface area contributed by atoms with Crippen molar-refractivity contribution in [2.75, 3.05) is 6.61 Å². The lowest BCUT2D eigenvalue weighted by Gasteiger charge is -2.24. The maximum atomic E-state index is 5.63. The van der Waals surface area contributed by atoms with Crippen LogP contribution in [0, 0.1) is 0 Å². The van der Waals surface area contributed by atoms with E-state index in [0.717, 1.165) is 13.0 Å². The smallest absolute Gasteiger partial charge is 0.0626 e. The monoisotopic (exact) mass is 184 g/mol. The van der Waals surface area contributed by atoms with Gasteiger partial charge in [0.15, 0.2) is 0 Å². The highest BCUT2D eigenvalue weighted by atomic mass is 16.5. The number of hydrogen-bond donors (Lipinski definition) is 0. The SMILES string of the molecule is CC=C(C)CCCC(C)(C)OCC. The summed E-state index contributed by atoms with van der Waals surface area (Å²) in [6.07, 6.45) is 5.76. The minimum absolute atomic E-state index is 0.0583. The molecule has 0 aliphatic carbocycles. The summed E-state index contributed by atoms with van der Waals surface area (Å²) in [4.78, 5) is 0. The van der Waals surface area contributed by atoms with E-state index in [0.29, 0.717) is 0 Å². The van der Waals surface area contributed by atoms with Crippen LogP contribution in [-0.4, -0.2) is 12.2 Å². The van der Waals surface area contributed by atoms with Gasteiger partial charge in [-0.1, -0.05) is 11.6 Å². The molecule has 0 saturated carbocycles. The van der Waals surface area contributed by atoms with Crippen LogP contribution in [0.2, 0.25) is 0 Å². The van der Waals surface area contributed by atoms with Crippen LogP contribution >= 0.6 is 0 Å². The summed E-state index contributed by atoms with van der Waals surface area (Å²) < 4.78 is 5.63. The Kier molecular flexibility index (Phi) is 6.06. The molecule has 0 spiro atoms. The van der Waals surface area contributed by atoms with E-state index in [1.54, 1.807) is 0 Å². The fourth-order valence-corrected chi connectivity index (χ4v) is 1.40. The molecular weight excluding hydrogens is 160 g/mol. The van der Waals surface area contributed by atoms with E-state index < -0.39 is 0 Å². The van der Waals surface area contributed by atoms with Crippen molar-refractivity contribution in [3.05, 3.63) is 11.6 Å². The van der Waals surface area contributed by atoms with E-state index in [2.05, 4.69) is 40.7 Å². The maximum Gasteiger partial charge on any atom is 0.0626 e. The quantitative estimate of drug-likeness (QED) is 0.568. The maximum absolute atomic E-state index is 5.63. The van der Waals surface area contributed by atoms with Crippen molar-refractivity contribution in [1.82, 2.24) is 0 Å². The molecule has 0 aliphatic heterocycles. The fourth-order valence-electron chi connectivity index (χ4n) is 1.40. The van der Waals surface area contributed by atoms with Crippen LogP contribution in [0.5, 0.6) is 0 Å². The van der Waals surface area contributed by atoms with E-state index in [1.165, 1.54) is 18.4 Å². The van der Waals surface area contributed by atoms with E-state index in [9.17, 15) is 0 Å². The van der Waals surface area contributed by atoms with Gasteiger partial charge in [-0.2, -0.15) is 0 Å². The molecule has 0 fully saturated rings. The standard InChI is InChI=1S/C12H24O/c1-6-11(3)9-8-10-12(4,5)13-7-2/h6H,7-10H2,1-5H3. The van der Waals surface area contributed by atoms with Gasteiger partial charge < -0.3 is 4.74 Å². The molecular formula is C12H24O. The van der Waals surface area contributed by atoms with E-state index >= 15 is 0 Å². The molecule has 0 unspecified atom stereocenters. The minimum Gasteiger partial charge on any atom is -0.376 e. The number of allylic oxidation sites excluding steroid dienone is 2. The van der Waals surface area contributed by atoms with E-state index in [4.69, 9.17) is 4.74 Å². The minimum atomic E-state index is 0.0583. The number of rotatable bonds is 6. The molecule has 0 aromatic carbocycles. The van der Waals surface area contributed by atoms with Crippen LogP contribution in [0.15, 0.2) is 11.6 Å². The highest BCUT2D eigenvalue weighted by Gasteiger charge is 2.16. The average Bonchev–Trinajstić information content (AvgIpc) is 2.03. The summed E-state index contributed by atoms with van der Waals surface area (Å²) in [6, 6.07) is 0. The van der Waals surface area contributed by atoms with Crippen molar-refractivity contribution in [2.45, 2.75) is 59.5 Å². The Labute approximate surface area is 83.2 Å². The van der Waals surface area contributed by atoms with Crippen molar-refractivity contribution in [3.63, 3.8) is 0 Å². The van der Waals surface area contributed by atoms with Gasteiger partial charge in [0.25, 0.3) is 0 Å². The van der Waals surface area contributed by atoms with Gasteiger partial charge in [-0.3, -0.25) is 0 Å². The molecule has 0 N–H and O–H groups in total. The first-order valence-corrected chi connectivity index (χ1v) is 5.27. The van der Waals surface area contributed by atoms with Gasteiger partial charge in [0.1, 0.15) is 0 Å².